The molecule has 59 heavy (non-hydrogen) atoms. The van der Waals surface area contributed by atoms with Gasteiger partial charge in [-0.05, 0) is 51.4 Å². The van der Waals surface area contributed by atoms with Gasteiger partial charge < -0.3 is 14.2 Å². The van der Waals surface area contributed by atoms with Crippen molar-refractivity contribution in [3.05, 3.63) is 24.3 Å². The first-order valence-corrected chi connectivity index (χ1v) is 25.8. The van der Waals surface area contributed by atoms with E-state index in [-0.39, 0.29) is 31.1 Å². The molecular formula is C53H98O6. The van der Waals surface area contributed by atoms with E-state index in [4.69, 9.17) is 14.2 Å². The van der Waals surface area contributed by atoms with Crippen molar-refractivity contribution in [2.24, 2.45) is 0 Å². The third kappa shape index (κ3) is 46.8. The molecule has 0 saturated carbocycles. The second-order valence-corrected chi connectivity index (χ2v) is 17.4. The molecule has 0 aromatic carbocycles. The zero-order chi connectivity index (χ0) is 43.0. The van der Waals surface area contributed by atoms with E-state index in [1.54, 1.807) is 0 Å². The van der Waals surface area contributed by atoms with Crippen LogP contribution in [0.15, 0.2) is 24.3 Å². The molecule has 0 N–H and O–H groups in total. The maximum absolute atomic E-state index is 12.7. The zero-order valence-corrected chi connectivity index (χ0v) is 39.5. The summed E-state index contributed by atoms with van der Waals surface area (Å²) in [5, 5.41) is 0. The van der Waals surface area contributed by atoms with Crippen LogP contribution in [-0.4, -0.2) is 37.2 Å². The minimum Gasteiger partial charge on any atom is -0.462 e. The Morgan fingerprint density at radius 2 is 0.610 bits per heavy atom. The highest BCUT2D eigenvalue weighted by Gasteiger charge is 2.19. The van der Waals surface area contributed by atoms with Crippen LogP contribution in [0.3, 0.4) is 0 Å². The van der Waals surface area contributed by atoms with E-state index in [9.17, 15) is 14.4 Å². The number of ether oxygens (including phenoxy) is 3. The van der Waals surface area contributed by atoms with Crippen LogP contribution >= 0.6 is 0 Å². The highest BCUT2D eigenvalue weighted by atomic mass is 16.6. The summed E-state index contributed by atoms with van der Waals surface area (Å²) in [5.41, 5.74) is 0. The predicted octanol–water partition coefficient (Wildman–Crippen LogP) is 16.8. The maximum Gasteiger partial charge on any atom is 0.306 e. The first-order valence-electron chi connectivity index (χ1n) is 25.8. The van der Waals surface area contributed by atoms with E-state index in [0.29, 0.717) is 19.3 Å². The Morgan fingerprint density at radius 3 is 0.932 bits per heavy atom. The molecule has 0 saturated heterocycles. The molecular weight excluding hydrogens is 733 g/mol. The lowest BCUT2D eigenvalue weighted by atomic mass is 10.0. The van der Waals surface area contributed by atoms with Gasteiger partial charge in [-0.1, -0.05) is 231 Å². The summed E-state index contributed by atoms with van der Waals surface area (Å²) in [5.74, 6) is -0.865. The van der Waals surface area contributed by atoms with Crippen molar-refractivity contribution in [3.8, 4) is 0 Å². The van der Waals surface area contributed by atoms with Gasteiger partial charge in [0.1, 0.15) is 13.2 Å². The molecule has 6 heteroatoms. The molecule has 0 amide bonds. The molecule has 0 bridgehead atoms. The number of allylic oxidation sites excluding steroid dienone is 4. The van der Waals surface area contributed by atoms with Gasteiger partial charge in [0.25, 0.3) is 0 Å². The van der Waals surface area contributed by atoms with E-state index in [2.05, 4.69) is 45.1 Å². The summed E-state index contributed by atoms with van der Waals surface area (Å²) in [4.78, 5) is 37.7. The number of carbonyl (C=O) groups is 3. The predicted molar refractivity (Wildman–Crippen MR) is 252 cm³/mol. The second-order valence-electron chi connectivity index (χ2n) is 17.4. The van der Waals surface area contributed by atoms with Crippen LogP contribution in [-0.2, 0) is 28.6 Å². The van der Waals surface area contributed by atoms with Crippen LogP contribution in [0, 0.1) is 0 Å². The van der Waals surface area contributed by atoms with Crippen molar-refractivity contribution in [2.45, 2.75) is 284 Å². The minimum absolute atomic E-state index is 0.0676. The molecule has 0 heterocycles. The lowest BCUT2D eigenvalue weighted by Crippen LogP contribution is -2.30. The molecule has 0 radical (unpaired) electrons. The lowest BCUT2D eigenvalue weighted by Gasteiger charge is -2.18. The minimum atomic E-state index is -0.763. The van der Waals surface area contributed by atoms with Crippen LogP contribution in [0.4, 0.5) is 0 Å². The third-order valence-corrected chi connectivity index (χ3v) is 11.5. The van der Waals surface area contributed by atoms with Crippen molar-refractivity contribution in [3.63, 3.8) is 0 Å². The molecule has 0 aliphatic rings. The summed E-state index contributed by atoms with van der Waals surface area (Å²) in [6.07, 6.45) is 54.6. The van der Waals surface area contributed by atoms with E-state index in [1.165, 1.54) is 173 Å². The molecule has 0 fully saturated rings. The zero-order valence-electron chi connectivity index (χ0n) is 39.5. The van der Waals surface area contributed by atoms with Gasteiger partial charge in [0.2, 0.25) is 0 Å². The van der Waals surface area contributed by atoms with Crippen LogP contribution in [0.1, 0.15) is 278 Å². The summed E-state index contributed by atoms with van der Waals surface area (Å²) in [6, 6.07) is 0. The van der Waals surface area contributed by atoms with Gasteiger partial charge in [0.05, 0.1) is 0 Å². The Labute approximate surface area is 366 Å². The summed E-state index contributed by atoms with van der Waals surface area (Å²) in [7, 11) is 0. The molecule has 0 aliphatic heterocycles. The van der Waals surface area contributed by atoms with Gasteiger partial charge >= 0.3 is 17.9 Å². The second kappa shape index (κ2) is 48.6. The smallest absolute Gasteiger partial charge is 0.306 e. The lowest BCUT2D eigenvalue weighted by molar-refractivity contribution is -0.167. The van der Waals surface area contributed by atoms with Crippen molar-refractivity contribution in [2.75, 3.05) is 13.2 Å². The van der Waals surface area contributed by atoms with Crippen LogP contribution in [0.2, 0.25) is 0 Å². The summed E-state index contributed by atoms with van der Waals surface area (Å²) in [6.45, 7) is 6.61. The number of hydrogen-bond acceptors (Lipinski definition) is 6. The van der Waals surface area contributed by atoms with Gasteiger partial charge in [-0.15, -0.1) is 0 Å². The van der Waals surface area contributed by atoms with E-state index in [1.807, 2.05) is 0 Å². The molecule has 0 spiro atoms. The van der Waals surface area contributed by atoms with Crippen LogP contribution in [0.25, 0.3) is 0 Å². The molecule has 1 unspecified atom stereocenters. The molecule has 346 valence electrons. The Kier molecular flexibility index (Phi) is 46.8. The fraction of sp³-hybridized carbons (Fsp3) is 0.868. The number of esters is 3. The molecule has 1 atom stereocenters. The largest absolute Gasteiger partial charge is 0.462 e. The van der Waals surface area contributed by atoms with Gasteiger partial charge in [0, 0.05) is 19.3 Å². The normalized spacial score (nSPS) is 12.1. The number of rotatable bonds is 47. The molecule has 6 nitrogen and oxygen atoms in total. The maximum atomic E-state index is 12.7. The van der Waals surface area contributed by atoms with Gasteiger partial charge in [-0.2, -0.15) is 0 Å². The summed E-state index contributed by atoms with van der Waals surface area (Å²) < 4.78 is 16.7. The molecule has 0 aromatic heterocycles. The van der Waals surface area contributed by atoms with Crippen molar-refractivity contribution in [1.82, 2.24) is 0 Å². The van der Waals surface area contributed by atoms with E-state index >= 15 is 0 Å². The Bertz CT molecular complexity index is 958. The SMILES string of the molecule is CCCCCCC/C=C\C/C=C\CCCCCCCCCCCCCC(=O)OCC(COC(=O)CCCCCCCCCCC)OC(=O)CCCCCCCCCCC. The molecule has 0 rings (SSSR count). The van der Waals surface area contributed by atoms with E-state index < -0.39 is 6.10 Å². The Balaban J connectivity index is 4.13. The molecule has 0 aliphatic carbocycles. The topological polar surface area (TPSA) is 78.9 Å². The van der Waals surface area contributed by atoms with Crippen LogP contribution < -0.4 is 0 Å². The van der Waals surface area contributed by atoms with Crippen LogP contribution in [0.5, 0.6) is 0 Å². The van der Waals surface area contributed by atoms with Gasteiger partial charge in [0.15, 0.2) is 6.10 Å². The highest BCUT2D eigenvalue weighted by molar-refractivity contribution is 5.71. The number of carbonyl (C=O) groups excluding carboxylic acids is 3. The Hall–Kier alpha value is -2.11. The first kappa shape index (κ1) is 56.9. The first-order chi connectivity index (χ1) is 29.0. The number of hydrogen-bond donors (Lipinski definition) is 0. The third-order valence-electron chi connectivity index (χ3n) is 11.5. The van der Waals surface area contributed by atoms with Crippen molar-refractivity contribution >= 4 is 17.9 Å². The standard InChI is InChI=1S/C53H98O6/c1-4-7-10-13-16-19-20-21-22-23-24-25-26-27-28-29-30-31-32-35-37-40-43-46-52(55)58-49-50(59-53(56)47-44-41-38-34-18-15-12-9-6-3)48-57-51(54)45-42-39-36-33-17-14-11-8-5-2/h20-21,23-24,50H,4-19,22,25-49H2,1-3H3/b21-20-,24-23-. The molecule has 0 aromatic rings. The fourth-order valence-electron chi connectivity index (χ4n) is 7.53. The average Bonchev–Trinajstić information content (AvgIpc) is 3.23. The summed E-state index contributed by atoms with van der Waals surface area (Å²) >= 11 is 0. The highest BCUT2D eigenvalue weighted by Crippen LogP contribution is 2.15. The van der Waals surface area contributed by atoms with Gasteiger partial charge in [-0.3, -0.25) is 14.4 Å². The van der Waals surface area contributed by atoms with E-state index in [0.717, 1.165) is 64.2 Å². The van der Waals surface area contributed by atoms with Gasteiger partial charge in [-0.25, -0.2) is 0 Å². The van der Waals surface area contributed by atoms with Crippen molar-refractivity contribution < 1.29 is 28.6 Å². The van der Waals surface area contributed by atoms with Crippen molar-refractivity contribution in [1.29, 1.82) is 0 Å². The average molecular weight is 831 g/mol. The monoisotopic (exact) mass is 831 g/mol. The quantitative estimate of drug-likeness (QED) is 0.0263. The fourth-order valence-corrected chi connectivity index (χ4v) is 7.53. The Morgan fingerprint density at radius 1 is 0.339 bits per heavy atom. The number of unbranched alkanes of at least 4 members (excludes halogenated alkanes) is 32.